The fourth-order valence-electron chi connectivity index (χ4n) is 3.50. The zero-order valence-corrected chi connectivity index (χ0v) is 21.5. The van der Waals surface area contributed by atoms with Crippen molar-refractivity contribution in [2.24, 2.45) is 4.99 Å². The third kappa shape index (κ3) is 6.27. The molecule has 1 heterocycles. The van der Waals surface area contributed by atoms with Crippen molar-refractivity contribution in [2.75, 3.05) is 13.2 Å². The fraction of sp³-hybridized carbons (Fsp3) is 0.214. The van der Waals surface area contributed by atoms with E-state index in [-0.39, 0.29) is 5.91 Å². The van der Waals surface area contributed by atoms with Gasteiger partial charge in [0.1, 0.15) is 6.61 Å². The number of aryl methyl sites for hydroxylation is 1. The van der Waals surface area contributed by atoms with Crippen molar-refractivity contribution in [1.29, 1.82) is 0 Å². The lowest BCUT2D eigenvalue weighted by atomic mass is 10.1. The number of carbonyl (C=O) groups excluding carboxylic acids is 1. The predicted octanol–water partition coefficient (Wildman–Crippen LogP) is 7.25. The topological polar surface area (TPSA) is 51.1 Å². The van der Waals surface area contributed by atoms with Crippen LogP contribution in [0.5, 0.6) is 11.5 Å². The Labute approximate surface area is 215 Å². The first-order valence-corrected chi connectivity index (χ1v) is 12.7. The molecule has 1 aliphatic rings. The van der Waals surface area contributed by atoms with Crippen LogP contribution in [-0.2, 0) is 11.4 Å². The van der Waals surface area contributed by atoms with Crippen molar-refractivity contribution in [3.8, 4) is 11.5 Å². The summed E-state index contributed by atoms with van der Waals surface area (Å²) in [4.78, 5) is 20.1. The average molecular weight is 507 g/mol. The van der Waals surface area contributed by atoms with E-state index in [1.807, 2.05) is 93.6 Å². The molecule has 0 spiro atoms. The third-order valence-electron chi connectivity index (χ3n) is 5.34. The number of benzene rings is 3. The second-order valence-corrected chi connectivity index (χ2v) is 9.39. The van der Waals surface area contributed by atoms with E-state index in [1.54, 1.807) is 4.90 Å². The van der Waals surface area contributed by atoms with Gasteiger partial charge in [0.25, 0.3) is 5.91 Å². The molecule has 4 rings (SSSR count). The summed E-state index contributed by atoms with van der Waals surface area (Å²) in [6.45, 7) is 7.37. The van der Waals surface area contributed by atoms with Crippen molar-refractivity contribution < 1.29 is 14.3 Å². The van der Waals surface area contributed by atoms with Gasteiger partial charge in [-0.25, -0.2) is 4.99 Å². The van der Waals surface area contributed by atoms with Gasteiger partial charge in [0.05, 0.1) is 17.2 Å². The number of aliphatic imine (C=N–C) groups is 1. The Hall–Kier alpha value is -3.22. The maximum atomic E-state index is 13.0. The van der Waals surface area contributed by atoms with Gasteiger partial charge in [0, 0.05) is 11.6 Å². The van der Waals surface area contributed by atoms with Crippen LogP contribution in [0.3, 0.4) is 0 Å². The standard InChI is InChI=1S/C28H27ClN2O3S/c1-4-31-27(32)26(35-28(31)30-23-13-6-19(3)7-14-23)17-21-10-15-24(25(16-21)33-5-2)34-18-20-8-11-22(29)12-9-20/h6-17H,4-5,18H2,1-3H3/b26-17+,30-28?. The van der Waals surface area contributed by atoms with Gasteiger partial charge in [0.15, 0.2) is 16.7 Å². The normalized spacial score (nSPS) is 15.8. The average Bonchev–Trinajstić information content (AvgIpc) is 3.14. The minimum atomic E-state index is -0.0515. The molecule has 5 nitrogen and oxygen atoms in total. The van der Waals surface area contributed by atoms with Crippen molar-refractivity contribution in [3.05, 3.63) is 93.3 Å². The minimum absolute atomic E-state index is 0.0515. The van der Waals surface area contributed by atoms with E-state index >= 15 is 0 Å². The van der Waals surface area contributed by atoms with E-state index in [1.165, 1.54) is 17.3 Å². The lowest BCUT2D eigenvalue weighted by Crippen LogP contribution is -2.28. The van der Waals surface area contributed by atoms with Crippen LogP contribution in [-0.4, -0.2) is 29.1 Å². The van der Waals surface area contributed by atoms with Crippen LogP contribution in [0, 0.1) is 6.92 Å². The molecule has 3 aromatic carbocycles. The molecule has 0 bridgehead atoms. The Morgan fingerprint density at radius 2 is 1.71 bits per heavy atom. The molecule has 7 heteroatoms. The summed E-state index contributed by atoms with van der Waals surface area (Å²) in [5.74, 6) is 1.22. The number of ether oxygens (including phenoxy) is 2. The molecule has 0 radical (unpaired) electrons. The van der Waals surface area contributed by atoms with Crippen LogP contribution >= 0.6 is 23.4 Å². The summed E-state index contributed by atoms with van der Waals surface area (Å²) >= 11 is 7.35. The fourth-order valence-corrected chi connectivity index (χ4v) is 4.68. The summed E-state index contributed by atoms with van der Waals surface area (Å²) in [5.41, 5.74) is 3.86. The number of halogens is 1. The largest absolute Gasteiger partial charge is 0.490 e. The first-order chi connectivity index (χ1) is 17.0. The van der Waals surface area contributed by atoms with Gasteiger partial charge in [-0.1, -0.05) is 47.5 Å². The molecule has 1 saturated heterocycles. The molecule has 0 aromatic heterocycles. The molecule has 35 heavy (non-hydrogen) atoms. The van der Waals surface area contributed by atoms with Crippen LogP contribution in [0.15, 0.2) is 76.6 Å². The SMILES string of the molecule is CCOc1cc(/C=C2/SC(=Nc3ccc(C)cc3)N(CC)C2=O)ccc1OCc1ccc(Cl)cc1. The van der Waals surface area contributed by atoms with E-state index in [0.29, 0.717) is 46.4 Å². The number of hydrogen-bond donors (Lipinski definition) is 0. The summed E-state index contributed by atoms with van der Waals surface area (Å²) in [7, 11) is 0. The van der Waals surface area contributed by atoms with Crippen molar-refractivity contribution in [1.82, 2.24) is 4.90 Å². The number of rotatable bonds is 8. The molecular weight excluding hydrogens is 480 g/mol. The number of amides is 1. The second-order valence-electron chi connectivity index (χ2n) is 7.94. The molecule has 180 valence electrons. The second kappa shape index (κ2) is 11.5. The molecule has 0 N–H and O–H groups in total. The molecule has 0 unspecified atom stereocenters. The van der Waals surface area contributed by atoms with E-state index in [9.17, 15) is 4.79 Å². The van der Waals surface area contributed by atoms with Crippen molar-refractivity contribution >= 4 is 46.2 Å². The molecule has 3 aromatic rings. The molecule has 0 aliphatic carbocycles. The maximum Gasteiger partial charge on any atom is 0.266 e. The van der Waals surface area contributed by atoms with E-state index in [0.717, 1.165) is 16.8 Å². The molecule has 1 amide bonds. The van der Waals surface area contributed by atoms with Crippen LogP contribution in [0.1, 0.15) is 30.5 Å². The molecule has 1 fully saturated rings. The zero-order chi connectivity index (χ0) is 24.8. The zero-order valence-electron chi connectivity index (χ0n) is 20.0. The number of nitrogens with zero attached hydrogens (tertiary/aromatic N) is 2. The van der Waals surface area contributed by atoms with Gasteiger partial charge in [-0.15, -0.1) is 0 Å². The van der Waals surface area contributed by atoms with E-state index < -0.39 is 0 Å². The number of thioether (sulfide) groups is 1. The van der Waals surface area contributed by atoms with Crippen molar-refractivity contribution in [2.45, 2.75) is 27.4 Å². The van der Waals surface area contributed by atoms with Crippen LogP contribution in [0.4, 0.5) is 5.69 Å². The summed E-state index contributed by atoms with van der Waals surface area (Å²) in [6.07, 6.45) is 1.87. The molecule has 1 aliphatic heterocycles. The van der Waals surface area contributed by atoms with Crippen LogP contribution in [0.2, 0.25) is 5.02 Å². The van der Waals surface area contributed by atoms with Gasteiger partial charge in [-0.05, 0) is 86.1 Å². The predicted molar refractivity (Wildman–Crippen MR) is 145 cm³/mol. The van der Waals surface area contributed by atoms with Gasteiger partial charge in [-0.2, -0.15) is 0 Å². The van der Waals surface area contributed by atoms with E-state index in [2.05, 4.69) is 0 Å². The summed E-state index contributed by atoms with van der Waals surface area (Å²) in [6, 6.07) is 21.2. The Morgan fingerprint density at radius 3 is 2.40 bits per heavy atom. The van der Waals surface area contributed by atoms with Gasteiger partial charge in [-0.3, -0.25) is 9.69 Å². The summed E-state index contributed by atoms with van der Waals surface area (Å²) in [5, 5.41) is 1.37. The monoisotopic (exact) mass is 506 g/mol. The number of likely N-dealkylation sites (N-methyl/N-ethyl adjacent to an activating group) is 1. The number of amidine groups is 1. The van der Waals surface area contributed by atoms with Crippen molar-refractivity contribution in [3.63, 3.8) is 0 Å². The Morgan fingerprint density at radius 1 is 0.971 bits per heavy atom. The first kappa shape index (κ1) is 24.9. The Balaban J connectivity index is 1.55. The van der Waals surface area contributed by atoms with Gasteiger partial charge >= 0.3 is 0 Å². The van der Waals surface area contributed by atoms with Crippen LogP contribution in [0.25, 0.3) is 6.08 Å². The lowest BCUT2D eigenvalue weighted by molar-refractivity contribution is -0.122. The number of carbonyl (C=O) groups is 1. The molecule has 0 atom stereocenters. The smallest absolute Gasteiger partial charge is 0.266 e. The highest BCUT2D eigenvalue weighted by Gasteiger charge is 2.32. The van der Waals surface area contributed by atoms with Gasteiger partial charge < -0.3 is 9.47 Å². The highest BCUT2D eigenvalue weighted by Crippen LogP contribution is 2.36. The third-order valence-corrected chi connectivity index (χ3v) is 6.59. The number of hydrogen-bond acceptors (Lipinski definition) is 5. The minimum Gasteiger partial charge on any atom is -0.490 e. The lowest BCUT2D eigenvalue weighted by Gasteiger charge is -2.13. The van der Waals surface area contributed by atoms with E-state index in [4.69, 9.17) is 26.1 Å². The Bertz CT molecular complexity index is 1250. The van der Waals surface area contributed by atoms with Crippen LogP contribution < -0.4 is 9.47 Å². The highest BCUT2D eigenvalue weighted by atomic mass is 35.5. The highest BCUT2D eigenvalue weighted by molar-refractivity contribution is 8.18. The van der Waals surface area contributed by atoms with Gasteiger partial charge in [0.2, 0.25) is 0 Å². The quantitative estimate of drug-likeness (QED) is 0.302. The first-order valence-electron chi connectivity index (χ1n) is 11.5. The Kier molecular flexibility index (Phi) is 8.16. The maximum absolute atomic E-state index is 13.0. The molecule has 0 saturated carbocycles. The summed E-state index contributed by atoms with van der Waals surface area (Å²) < 4.78 is 11.8. The molecular formula is C28H27ClN2O3S.